The molecule has 1 fully saturated rings. The number of nitrogens with zero attached hydrogens (tertiary/aromatic N) is 3. The zero-order valence-electron chi connectivity index (χ0n) is 8.77. The second kappa shape index (κ2) is 2.79. The molecule has 1 aliphatic carbocycles. The average molecular weight is 202 g/mol. The molecule has 0 unspecified atom stereocenters. The van der Waals surface area contributed by atoms with Crippen molar-refractivity contribution in [3.05, 3.63) is 29.7 Å². The Balaban J connectivity index is 2.13. The molecule has 4 nitrogen and oxygen atoms in total. The molecule has 3 rings (SSSR count). The summed E-state index contributed by atoms with van der Waals surface area (Å²) in [5, 5.41) is 4.43. The first-order valence-electron chi connectivity index (χ1n) is 5.35. The smallest absolute Gasteiger partial charge is 0.155 e. The Hall–Kier alpha value is -1.42. The number of aromatic nitrogens is 3. The summed E-state index contributed by atoms with van der Waals surface area (Å²) in [6.45, 7) is 2.09. The molecule has 2 N–H and O–H groups in total. The molecular weight excluding hydrogens is 188 g/mol. The molecule has 15 heavy (non-hydrogen) atoms. The minimum Gasteiger partial charge on any atom is -0.321 e. The average Bonchev–Trinajstić information content (AvgIpc) is 2.86. The lowest BCUT2D eigenvalue weighted by molar-refractivity contribution is 0.718. The predicted molar refractivity (Wildman–Crippen MR) is 57.5 cm³/mol. The van der Waals surface area contributed by atoms with Crippen LogP contribution in [-0.2, 0) is 12.0 Å². The Labute approximate surface area is 88.1 Å². The van der Waals surface area contributed by atoms with Crippen molar-refractivity contribution in [2.75, 3.05) is 0 Å². The van der Waals surface area contributed by atoms with Gasteiger partial charge in [-0.1, -0.05) is 6.92 Å². The van der Waals surface area contributed by atoms with Crippen LogP contribution in [0, 0.1) is 0 Å². The maximum atomic E-state index is 6.12. The van der Waals surface area contributed by atoms with E-state index in [1.54, 1.807) is 0 Å². The first-order valence-corrected chi connectivity index (χ1v) is 5.35. The Morgan fingerprint density at radius 1 is 1.53 bits per heavy atom. The maximum absolute atomic E-state index is 6.12. The molecule has 1 saturated carbocycles. The van der Waals surface area contributed by atoms with Crippen molar-refractivity contribution >= 4 is 5.65 Å². The van der Waals surface area contributed by atoms with Crippen LogP contribution in [0.1, 0.15) is 31.0 Å². The van der Waals surface area contributed by atoms with Crippen molar-refractivity contribution in [3.63, 3.8) is 0 Å². The molecule has 0 amide bonds. The van der Waals surface area contributed by atoms with Crippen LogP contribution in [0.25, 0.3) is 5.65 Å². The van der Waals surface area contributed by atoms with E-state index in [9.17, 15) is 0 Å². The highest BCUT2D eigenvalue weighted by atomic mass is 15.2. The van der Waals surface area contributed by atoms with Gasteiger partial charge in [0.2, 0.25) is 0 Å². The molecule has 2 aromatic heterocycles. The Bertz CT molecular complexity index is 510. The number of hydrogen-bond donors (Lipinski definition) is 1. The molecule has 0 spiro atoms. The summed E-state index contributed by atoms with van der Waals surface area (Å²) in [5.41, 5.74) is 9.06. The van der Waals surface area contributed by atoms with Crippen LogP contribution >= 0.6 is 0 Å². The maximum Gasteiger partial charge on any atom is 0.155 e. The molecular formula is C11H14N4. The minimum atomic E-state index is -0.125. The van der Waals surface area contributed by atoms with E-state index in [4.69, 9.17) is 5.73 Å². The fourth-order valence-corrected chi connectivity index (χ4v) is 1.78. The van der Waals surface area contributed by atoms with E-state index < -0.39 is 0 Å². The van der Waals surface area contributed by atoms with E-state index >= 15 is 0 Å². The van der Waals surface area contributed by atoms with Crippen LogP contribution in [-0.4, -0.2) is 14.6 Å². The van der Waals surface area contributed by atoms with Crippen molar-refractivity contribution in [3.8, 4) is 0 Å². The van der Waals surface area contributed by atoms with Gasteiger partial charge in [-0.3, -0.25) is 0 Å². The molecule has 1 aliphatic rings. The van der Waals surface area contributed by atoms with E-state index in [2.05, 4.69) is 17.0 Å². The second-order valence-electron chi connectivity index (χ2n) is 4.29. The fourth-order valence-electron chi connectivity index (χ4n) is 1.78. The number of aryl methyl sites for hydroxylation is 1. The van der Waals surface area contributed by atoms with Gasteiger partial charge < -0.3 is 5.73 Å². The number of rotatable bonds is 2. The fraction of sp³-hybridized carbons (Fsp3) is 0.455. The van der Waals surface area contributed by atoms with Crippen molar-refractivity contribution in [1.29, 1.82) is 0 Å². The molecule has 0 radical (unpaired) electrons. The largest absolute Gasteiger partial charge is 0.321 e. The third-order valence-electron chi connectivity index (χ3n) is 3.09. The van der Waals surface area contributed by atoms with Crippen molar-refractivity contribution in [2.24, 2.45) is 5.73 Å². The molecule has 0 aliphatic heterocycles. The van der Waals surface area contributed by atoms with Gasteiger partial charge in [0.1, 0.15) is 0 Å². The third-order valence-corrected chi connectivity index (χ3v) is 3.09. The number of nitrogens with two attached hydrogens (primary N) is 1. The van der Waals surface area contributed by atoms with Gasteiger partial charge in [0.05, 0.1) is 5.69 Å². The Kier molecular flexibility index (Phi) is 1.65. The van der Waals surface area contributed by atoms with Crippen LogP contribution < -0.4 is 5.73 Å². The molecule has 78 valence electrons. The van der Waals surface area contributed by atoms with Crippen LogP contribution in [0.2, 0.25) is 0 Å². The van der Waals surface area contributed by atoms with Crippen LogP contribution in [0.5, 0.6) is 0 Å². The van der Waals surface area contributed by atoms with E-state index in [0.717, 1.165) is 36.2 Å². The lowest BCUT2D eigenvalue weighted by atomic mass is 10.1. The first-order chi connectivity index (χ1) is 7.21. The summed E-state index contributed by atoms with van der Waals surface area (Å²) in [6, 6.07) is 2.01. The van der Waals surface area contributed by atoms with Gasteiger partial charge in [0, 0.05) is 29.6 Å². The minimum absolute atomic E-state index is 0.125. The van der Waals surface area contributed by atoms with Crippen LogP contribution in [0.15, 0.2) is 18.5 Å². The normalized spacial score (nSPS) is 18.3. The topological polar surface area (TPSA) is 56.2 Å². The van der Waals surface area contributed by atoms with Gasteiger partial charge in [-0.05, 0) is 19.3 Å². The second-order valence-corrected chi connectivity index (χ2v) is 4.29. The van der Waals surface area contributed by atoms with Gasteiger partial charge in [-0.15, -0.1) is 0 Å². The van der Waals surface area contributed by atoms with E-state index in [0.29, 0.717) is 0 Å². The summed E-state index contributed by atoms with van der Waals surface area (Å²) in [4.78, 5) is 4.38. The SMILES string of the molecule is CCc1cc2ncc(C3(N)CC3)cn2n1. The van der Waals surface area contributed by atoms with Gasteiger partial charge in [-0.2, -0.15) is 5.10 Å². The first kappa shape index (κ1) is 8.85. The van der Waals surface area contributed by atoms with Gasteiger partial charge in [0.25, 0.3) is 0 Å². The summed E-state index contributed by atoms with van der Waals surface area (Å²) in [7, 11) is 0. The van der Waals surface area contributed by atoms with Gasteiger partial charge in [-0.25, -0.2) is 9.50 Å². The molecule has 0 atom stereocenters. The van der Waals surface area contributed by atoms with E-state index in [-0.39, 0.29) is 5.54 Å². The van der Waals surface area contributed by atoms with E-state index in [1.165, 1.54) is 0 Å². The summed E-state index contributed by atoms with van der Waals surface area (Å²) >= 11 is 0. The van der Waals surface area contributed by atoms with Crippen molar-refractivity contribution in [1.82, 2.24) is 14.6 Å². The van der Waals surface area contributed by atoms with E-state index in [1.807, 2.05) is 23.0 Å². The summed E-state index contributed by atoms with van der Waals surface area (Å²) in [5.74, 6) is 0. The van der Waals surface area contributed by atoms with Crippen LogP contribution in [0.4, 0.5) is 0 Å². The van der Waals surface area contributed by atoms with Crippen LogP contribution in [0.3, 0.4) is 0 Å². The predicted octanol–water partition coefficient (Wildman–Crippen LogP) is 1.24. The molecule has 0 saturated heterocycles. The molecule has 2 aromatic rings. The summed E-state index contributed by atoms with van der Waals surface area (Å²) < 4.78 is 1.83. The molecule has 4 heteroatoms. The molecule has 2 heterocycles. The third kappa shape index (κ3) is 1.33. The zero-order valence-corrected chi connectivity index (χ0v) is 8.77. The zero-order chi connectivity index (χ0) is 10.5. The Morgan fingerprint density at radius 2 is 2.33 bits per heavy atom. The van der Waals surface area contributed by atoms with Gasteiger partial charge in [0.15, 0.2) is 5.65 Å². The number of fused-ring (bicyclic) bond motifs is 1. The lowest BCUT2D eigenvalue weighted by Crippen LogP contribution is -2.19. The monoisotopic (exact) mass is 202 g/mol. The lowest BCUT2D eigenvalue weighted by Gasteiger charge is -2.07. The highest BCUT2D eigenvalue weighted by molar-refractivity contribution is 5.41. The number of hydrogen-bond acceptors (Lipinski definition) is 3. The van der Waals surface area contributed by atoms with Crippen molar-refractivity contribution < 1.29 is 0 Å². The van der Waals surface area contributed by atoms with Crippen molar-refractivity contribution in [2.45, 2.75) is 31.7 Å². The van der Waals surface area contributed by atoms with Gasteiger partial charge >= 0.3 is 0 Å². The highest BCUT2D eigenvalue weighted by Gasteiger charge is 2.40. The standard InChI is InChI=1S/C11H14N4/c1-2-9-5-10-13-6-8(7-15(10)14-9)11(12)3-4-11/h5-7H,2-4,12H2,1H3. The highest BCUT2D eigenvalue weighted by Crippen LogP contribution is 2.42. The quantitative estimate of drug-likeness (QED) is 0.797. The molecule has 0 aromatic carbocycles. The molecule has 0 bridgehead atoms. The Morgan fingerprint density at radius 3 is 3.00 bits per heavy atom. The summed E-state index contributed by atoms with van der Waals surface area (Å²) in [6.07, 6.45) is 6.94.